The minimum Gasteiger partial charge on any atom is -0.471 e. The van der Waals surface area contributed by atoms with Crippen molar-refractivity contribution in [1.82, 2.24) is 14.9 Å². The van der Waals surface area contributed by atoms with Gasteiger partial charge < -0.3 is 20.1 Å². The summed E-state index contributed by atoms with van der Waals surface area (Å²) in [6, 6.07) is 5.38. The van der Waals surface area contributed by atoms with Crippen molar-refractivity contribution in [2.75, 3.05) is 18.8 Å². The lowest BCUT2D eigenvalue weighted by molar-refractivity contribution is 0.00722. The number of anilines is 1. The second kappa shape index (κ2) is 6.74. The van der Waals surface area contributed by atoms with Crippen LogP contribution in [0.15, 0.2) is 24.4 Å². The minimum absolute atomic E-state index is 0.123. The van der Waals surface area contributed by atoms with Gasteiger partial charge >= 0.3 is 6.09 Å². The Hall–Kier alpha value is -2.57. The van der Waals surface area contributed by atoms with Crippen molar-refractivity contribution < 1.29 is 14.3 Å². The molecule has 0 unspecified atom stereocenters. The predicted molar refractivity (Wildman–Crippen MR) is 95.4 cm³/mol. The van der Waals surface area contributed by atoms with Gasteiger partial charge in [-0.05, 0) is 51.8 Å². The van der Waals surface area contributed by atoms with Gasteiger partial charge in [0.1, 0.15) is 11.7 Å². The molecule has 2 N–H and O–H groups in total. The van der Waals surface area contributed by atoms with Gasteiger partial charge in [-0.15, -0.1) is 0 Å². The number of benzene rings is 1. The van der Waals surface area contributed by atoms with Crippen LogP contribution >= 0.6 is 0 Å². The summed E-state index contributed by atoms with van der Waals surface area (Å²) in [6.45, 7) is 6.74. The summed E-state index contributed by atoms with van der Waals surface area (Å²) in [5, 5.41) is 0. The Bertz CT molecular complexity index is 772. The van der Waals surface area contributed by atoms with Crippen LogP contribution in [0.2, 0.25) is 0 Å². The molecule has 1 aromatic carbocycles. The lowest BCUT2D eigenvalue weighted by Crippen LogP contribution is -2.46. The number of hydrogen-bond acceptors (Lipinski definition) is 6. The van der Waals surface area contributed by atoms with E-state index in [9.17, 15) is 4.79 Å². The number of piperidine rings is 1. The molecule has 7 heteroatoms. The van der Waals surface area contributed by atoms with Gasteiger partial charge in [0.25, 0.3) is 0 Å². The molecule has 1 aliphatic heterocycles. The van der Waals surface area contributed by atoms with Crippen LogP contribution < -0.4 is 10.5 Å². The molecule has 0 bridgehead atoms. The summed E-state index contributed by atoms with van der Waals surface area (Å²) < 4.78 is 11.4. The molecule has 0 aliphatic carbocycles. The normalized spacial score (nSPS) is 18.2. The summed E-state index contributed by atoms with van der Waals surface area (Å²) in [5.41, 5.74) is 7.35. The number of rotatable bonds is 2. The monoisotopic (exact) mass is 344 g/mol. The minimum atomic E-state index is -0.503. The van der Waals surface area contributed by atoms with E-state index in [-0.39, 0.29) is 12.2 Å². The number of nitrogen functional groups attached to an aromatic ring is 1. The van der Waals surface area contributed by atoms with E-state index in [4.69, 9.17) is 15.2 Å². The SMILES string of the molecule is CC(C)(C)OC(=O)N1CCC[C@H](Oc2cnc3cc(N)ccc3n2)C1. The van der Waals surface area contributed by atoms with Gasteiger partial charge in [-0.3, -0.25) is 0 Å². The maximum absolute atomic E-state index is 12.2. The molecule has 2 aromatic rings. The lowest BCUT2D eigenvalue weighted by atomic mass is 10.1. The fourth-order valence-corrected chi connectivity index (χ4v) is 2.76. The number of amides is 1. The molecule has 1 saturated heterocycles. The summed E-state index contributed by atoms with van der Waals surface area (Å²) in [5.74, 6) is 0.452. The average Bonchev–Trinajstić information content (AvgIpc) is 2.54. The molecule has 0 spiro atoms. The van der Waals surface area contributed by atoms with Gasteiger partial charge in [0.05, 0.1) is 23.8 Å². The molecule has 7 nitrogen and oxygen atoms in total. The highest BCUT2D eigenvalue weighted by atomic mass is 16.6. The Balaban J connectivity index is 1.66. The van der Waals surface area contributed by atoms with Crippen molar-refractivity contribution in [2.24, 2.45) is 0 Å². The smallest absolute Gasteiger partial charge is 0.410 e. The number of carbonyl (C=O) groups is 1. The van der Waals surface area contributed by atoms with Crippen molar-refractivity contribution in [3.63, 3.8) is 0 Å². The first kappa shape index (κ1) is 17.3. The van der Waals surface area contributed by atoms with E-state index in [0.717, 1.165) is 23.9 Å². The fourth-order valence-electron chi connectivity index (χ4n) is 2.76. The van der Waals surface area contributed by atoms with Crippen LogP contribution in [0.4, 0.5) is 10.5 Å². The number of hydrogen-bond donors (Lipinski definition) is 1. The fraction of sp³-hybridized carbons (Fsp3) is 0.500. The van der Waals surface area contributed by atoms with Crippen LogP contribution in [0.3, 0.4) is 0 Å². The highest BCUT2D eigenvalue weighted by Gasteiger charge is 2.28. The first-order valence-electron chi connectivity index (χ1n) is 8.47. The molecule has 25 heavy (non-hydrogen) atoms. The Morgan fingerprint density at radius 1 is 1.32 bits per heavy atom. The molecule has 134 valence electrons. The van der Waals surface area contributed by atoms with E-state index in [1.807, 2.05) is 26.8 Å². The van der Waals surface area contributed by atoms with E-state index < -0.39 is 5.60 Å². The zero-order valence-corrected chi connectivity index (χ0v) is 14.9. The number of aromatic nitrogens is 2. The molecule has 1 aliphatic rings. The largest absolute Gasteiger partial charge is 0.471 e. The number of likely N-dealkylation sites (tertiary alicyclic amines) is 1. The van der Waals surface area contributed by atoms with E-state index in [2.05, 4.69) is 9.97 Å². The Morgan fingerprint density at radius 3 is 2.88 bits per heavy atom. The van der Waals surface area contributed by atoms with Crippen LogP contribution in [-0.2, 0) is 4.74 Å². The zero-order chi connectivity index (χ0) is 18.0. The molecule has 1 atom stereocenters. The van der Waals surface area contributed by atoms with Crippen molar-refractivity contribution in [1.29, 1.82) is 0 Å². The molecule has 1 fully saturated rings. The first-order valence-corrected chi connectivity index (χ1v) is 8.47. The first-order chi connectivity index (χ1) is 11.8. The predicted octanol–water partition coefficient (Wildman–Crippen LogP) is 2.99. The van der Waals surface area contributed by atoms with Gasteiger partial charge in [0.15, 0.2) is 0 Å². The van der Waals surface area contributed by atoms with E-state index in [1.54, 1.807) is 23.2 Å². The number of ether oxygens (including phenoxy) is 2. The Morgan fingerprint density at radius 2 is 2.12 bits per heavy atom. The van der Waals surface area contributed by atoms with Crippen molar-refractivity contribution >= 4 is 22.8 Å². The summed E-state index contributed by atoms with van der Waals surface area (Å²) in [6.07, 6.45) is 2.89. The standard InChI is InChI=1S/C18H24N4O3/c1-18(2,3)25-17(23)22-8-4-5-13(11-22)24-16-10-20-15-9-12(19)6-7-14(15)21-16/h6-7,9-10,13H,4-5,8,11,19H2,1-3H3/t13-/m0/s1. The molecular weight excluding hydrogens is 320 g/mol. The van der Waals surface area contributed by atoms with Crippen LogP contribution in [-0.4, -0.2) is 45.8 Å². The number of carbonyl (C=O) groups excluding carboxylic acids is 1. The van der Waals surface area contributed by atoms with E-state index in [1.165, 1.54) is 0 Å². The van der Waals surface area contributed by atoms with Crippen molar-refractivity contribution in [2.45, 2.75) is 45.3 Å². The highest BCUT2D eigenvalue weighted by Crippen LogP contribution is 2.21. The van der Waals surface area contributed by atoms with Crippen LogP contribution in [0, 0.1) is 0 Å². The van der Waals surface area contributed by atoms with Crippen LogP contribution in [0.1, 0.15) is 33.6 Å². The average molecular weight is 344 g/mol. The molecule has 0 saturated carbocycles. The molecule has 2 heterocycles. The van der Waals surface area contributed by atoms with Crippen molar-refractivity contribution in [3.05, 3.63) is 24.4 Å². The number of nitrogens with zero attached hydrogens (tertiary/aromatic N) is 3. The van der Waals surface area contributed by atoms with Gasteiger partial charge in [-0.25, -0.2) is 14.8 Å². The second-order valence-corrected chi connectivity index (χ2v) is 7.26. The second-order valence-electron chi connectivity index (χ2n) is 7.26. The van der Waals surface area contributed by atoms with Crippen LogP contribution in [0.25, 0.3) is 11.0 Å². The van der Waals surface area contributed by atoms with E-state index in [0.29, 0.717) is 24.7 Å². The molecule has 3 rings (SSSR count). The quantitative estimate of drug-likeness (QED) is 0.842. The van der Waals surface area contributed by atoms with Gasteiger partial charge in [-0.1, -0.05) is 0 Å². The molecule has 0 radical (unpaired) electrons. The number of fused-ring (bicyclic) bond motifs is 1. The van der Waals surface area contributed by atoms with Crippen molar-refractivity contribution in [3.8, 4) is 5.88 Å². The van der Waals surface area contributed by atoms with Gasteiger partial charge in [-0.2, -0.15) is 0 Å². The molecular formula is C18H24N4O3. The lowest BCUT2D eigenvalue weighted by Gasteiger charge is -2.33. The van der Waals surface area contributed by atoms with E-state index >= 15 is 0 Å². The third-order valence-corrected chi connectivity index (χ3v) is 3.86. The third-order valence-electron chi connectivity index (χ3n) is 3.86. The highest BCUT2D eigenvalue weighted by molar-refractivity contribution is 5.78. The maximum Gasteiger partial charge on any atom is 0.410 e. The third kappa shape index (κ3) is 4.49. The maximum atomic E-state index is 12.2. The summed E-state index contributed by atoms with van der Waals surface area (Å²) in [7, 11) is 0. The van der Waals surface area contributed by atoms with Gasteiger partial charge in [0.2, 0.25) is 5.88 Å². The Labute approximate surface area is 147 Å². The number of nitrogens with two attached hydrogens (primary N) is 1. The Kier molecular flexibility index (Phi) is 4.65. The molecule has 1 amide bonds. The van der Waals surface area contributed by atoms with Gasteiger partial charge in [0, 0.05) is 12.2 Å². The molecule has 1 aromatic heterocycles. The zero-order valence-electron chi connectivity index (χ0n) is 14.9. The topological polar surface area (TPSA) is 90.6 Å². The summed E-state index contributed by atoms with van der Waals surface area (Å²) in [4.78, 5) is 22.7. The van der Waals surface area contributed by atoms with Crippen LogP contribution in [0.5, 0.6) is 5.88 Å². The summed E-state index contributed by atoms with van der Waals surface area (Å²) >= 11 is 0.